The van der Waals surface area contributed by atoms with E-state index in [1.165, 1.54) is 0 Å². The van der Waals surface area contributed by atoms with Crippen molar-refractivity contribution in [3.05, 3.63) is 71.4 Å². The molecule has 2 N–H and O–H groups in total. The number of amides is 1. The summed E-state index contributed by atoms with van der Waals surface area (Å²) in [5, 5.41) is 14.4. The molecule has 118 valence electrons. The molecule has 1 aromatic heterocycles. The Morgan fingerprint density at radius 2 is 1.91 bits per heavy atom. The minimum absolute atomic E-state index is 0.155. The summed E-state index contributed by atoms with van der Waals surface area (Å²) in [5.41, 5.74) is 1.70. The monoisotopic (exact) mass is 328 g/mol. The summed E-state index contributed by atoms with van der Waals surface area (Å²) in [4.78, 5) is 12.1. The summed E-state index contributed by atoms with van der Waals surface area (Å²) in [6.07, 6.45) is 1.13. The number of hydrogen-bond acceptors (Lipinski definition) is 2. The Morgan fingerprint density at radius 1 is 1.13 bits per heavy atom. The zero-order chi connectivity index (χ0) is 16.2. The number of rotatable bonds is 5. The molecule has 0 fully saturated rings. The van der Waals surface area contributed by atoms with Gasteiger partial charge < -0.3 is 15.0 Å². The summed E-state index contributed by atoms with van der Waals surface area (Å²) < 4.78 is 1.84. The molecule has 1 unspecified atom stereocenters. The number of carbonyl (C=O) groups is 1. The molecular weight excluding hydrogens is 312 g/mol. The van der Waals surface area contributed by atoms with Crippen molar-refractivity contribution in [3.8, 4) is 0 Å². The number of nitrogens with zero attached hydrogens (tertiary/aromatic N) is 1. The van der Waals surface area contributed by atoms with Crippen LogP contribution in [0.25, 0.3) is 10.9 Å². The number of aliphatic hydroxyl groups is 1. The predicted octanol–water partition coefficient (Wildman–Crippen LogP) is 3.14. The smallest absolute Gasteiger partial charge is 0.240 e. The fourth-order valence-electron chi connectivity index (χ4n) is 2.54. The molecule has 0 saturated heterocycles. The van der Waals surface area contributed by atoms with Gasteiger partial charge in [0.25, 0.3) is 0 Å². The highest BCUT2D eigenvalue weighted by Gasteiger charge is 2.11. The number of aliphatic hydroxyl groups excluding tert-OH is 1. The Kier molecular flexibility index (Phi) is 4.65. The quantitative estimate of drug-likeness (QED) is 0.756. The molecule has 0 aliphatic rings. The molecule has 0 spiro atoms. The third-order valence-electron chi connectivity index (χ3n) is 3.75. The van der Waals surface area contributed by atoms with Gasteiger partial charge in [-0.3, -0.25) is 4.79 Å². The van der Waals surface area contributed by atoms with Crippen LogP contribution in [0.1, 0.15) is 11.7 Å². The van der Waals surface area contributed by atoms with Crippen molar-refractivity contribution in [3.63, 3.8) is 0 Å². The zero-order valence-corrected chi connectivity index (χ0v) is 13.2. The topological polar surface area (TPSA) is 54.3 Å². The summed E-state index contributed by atoms with van der Waals surface area (Å²) >= 11 is 6.13. The third kappa shape index (κ3) is 3.55. The second-order valence-corrected chi connectivity index (χ2v) is 5.75. The average molecular weight is 329 g/mol. The van der Waals surface area contributed by atoms with Crippen LogP contribution in [0.15, 0.2) is 60.8 Å². The highest BCUT2D eigenvalue weighted by atomic mass is 35.5. The van der Waals surface area contributed by atoms with Crippen LogP contribution in [0, 0.1) is 0 Å². The number of fused-ring (bicyclic) bond motifs is 1. The van der Waals surface area contributed by atoms with Crippen molar-refractivity contribution in [1.29, 1.82) is 0 Å². The van der Waals surface area contributed by atoms with Crippen LogP contribution in [0.5, 0.6) is 0 Å². The lowest BCUT2D eigenvalue weighted by molar-refractivity contribution is -0.122. The van der Waals surface area contributed by atoms with Crippen LogP contribution >= 0.6 is 11.6 Å². The second-order valence-electron chi connectivity index (χ2n) is 5.35. The third-order valence-corrected chi connectivity index (χ3v) is 4.08. The first-order chi connectivity index (χ1) is 11.1. The highest BCUT2D eigenvalue weighted by molar-refractivity contribution is 6.35. The van der Waals surface area contributed by atoms with Gasteiger partial charge in [0.1, 0.15) is 6.54 Å². The lowest BCUT2D eigenvalue weighted by Crippen LogP contribution is -2.31. The van der Waals surface area contributed by atoms with Crippen LogP contribution in [0.3, 0.4) is 0 Å². The normalized spacial score (nSPS) is 12.3. The van der Waals surface area contributed by atoms with Gasteiger partial charge in [-0.25, -0.2) is 0 Å². The first kappa shape index (κ1) is 15.6. The van der Waals surface area contributed by atoms with Crippen LogP contribution < -0.4 is 5.32 Å². The van der Waals surface area contributed by atoms with Crippen molar-refractivity contribution in [2.45, 2.75) is 12.6 Å². The fourth-order valence-corrected chi connectivity index (χ4v) is 2.77. The molecule has 0 aliphatic carbocycles. The van der Waals surface area contributed by atoms with Crippen LogP contribution in [0.4, 0.5) is 0 Å². The molecule has 0 saturated carbocycles. The van der Waals surface area contributed by atoms with Crippen LogP contribution in [-0.2, 0) is 11.3 Å². The van der Waals surface area contributed by atoms with Gasteiger partial charge in [0, 0.05) is 28.7 Å². The van der Waals surface area contributed by atoms with E-state index in [2.05, 4.69) is 5.32 Å². The number of halogens is 1. The van der Waals surface area contributed by atoms with E-state index in [0.717, 1.165) is 16.5 Å². The molecule has 0 radical (unpaired) electrons. The average Bonchev–Trinajstić information content (AvgIpc) is 2.98. The molecule has 1 atom stereocenters. The number of nitrogens with one attached hydrogen (secondary N) is 1. The van der Waals surface area contributed by atoms with Gasteiger partial charge in [0.05, 0.1) is 6.10 Å². The predicted molar refractivity (Wildman–Crippen MR) is 91.4 cm³/mol. The first-order valence-electron chi connectivity index (χ1n) is 7.38. The number of aromatic nitrogens is 1. The molecule has 5 heteroatoms. The molecule has 23 heavy (non-hydrogen) atoms. The summed E-state index contributed by atoms with van der Waals surface area (Å²) in [6.45, 7) is 0.369. The van der Waals surface area contributed by atoms with Crippen LogP contribution in [0.2, 0.25) is 5.02 Å². The lowest BCUT2D eigenvalue weighted by atomic mass is 10.1. The van der Waals surface area contributed by atoms with Crippen LogP contribution in [-0.4, -0.2) is 22.1 Å². The van der Waals surface area contributed by atoms with Gasteiger partial charge in [-0.1, -0.05) is 48.0 Å². The molecule has 1 heterocycles. The SMILES string of the molecule is O=C(Cn1ccc2c(Cl)cccc21)NCC(O)c1ccccc1. The van der Waals surface area contributed by atoms with E-state index in [9.17, 15) is 9.90 Å². The maximum absolute atomic E-state index is 12.1. The maximum Gasteiger partial charge on any atom is 0.240 e. The summed E-state index contributed by atoms with van der Waals surface area (Å²) in [5.74, 6) is -0.155. The van der Waals surface area contributed by atoms with E-state index >= 15 is 0 Å². The van der Waals surface area contributed by atoms with Crippen molar-refractivity contribution < 1.29 is 9.90 Å². The molecule has 3 rings (SSSR count). The fraction of sp³-hybridized carbons (Fsp3) is 0.167. The lowest BCUT2D eigenvalue weighted by Gasteiger charge is -2.13. The van der Waals surface area contributed by atoms with Gasteiger partial charge in [0.15, 0.2) is 0 Å². The van der Waals surface area contributed by atoms with Crippen molar-refractivity contribution >= 4 is 28.4 Å². The highest BCUT2D eigenvalue weighted by Crippen LogP contribution is 2.24. The molecule has 1 amide bonds. The van der Waals surface area contributed by atoms with E-state index in [1.54, 1.807) is 0 Å². The Balaban J connectivity index is 1.62. The molecule has 3 aromatic rings. The van der Waals surface area contributed by atoms with Gasteiger partial charge in [-0.15, -0.1) is 0 Å². The Labute approximate surface area is 139 Å². The summed E-state index contributed by atoms with van der Waals surface area (Å²) in [7, 11) is 0. The van der Waals surface area contributed by atoms with Gasteiger partial charge in [0.2, 0.25) is 5.91 Å². The van der Waals surface area contributed by atoms with Gasteiger partial charge >= 0.3 is 0 Å². The van der Waals surface area contributed by atoms with E-state index in [-0.39, 0.29) is 19.0 Å². The zero-order valence-electron chi connectivity index (χ0n) is 12.4. The Morgan fingerprint density at radius 3 is 2.70 bits per heavy atom. The van der Waals surface area contributed by atoms with Crippen molar-refractivity contribution in [2.24, 2.45) is 0 Å². The largest absolute Gasteiger partial charge is 0.387 e. The van der Waals surface area contributed by atoms with Gasteiger partial charge in [-0.05, 0) is 23.8 Å². The standard InChI is InChI=1S/C18H17ClN2O2/c19-15-7-4-8-16-14(15)9-10-21(16)12-18(23)20-11-17(22)13-5-2-1-3-6-13/h1-10,17,22H,11-12H2,(H,20,23). The van der Waals surface area contributed by atoms with E-state index in [1.807, 2.05) is 65.4 Å². The number of hydrogen-bond donors (Lipinski definition) is 2. The Hall–Kier alpha value is -2.30. The molecule has 4 nitrogen and oxygen atoms in total. The second kappa shape index (κ2) is 6.86. The molecule has 0 bridgehead atoms. The molecular formula is C18H17ClN2O2. The number of carbonyl (C=O) groups excluding carboxylic acids is 1. The molecule has 0 aliphatic heterocycles. The molecule has 2 aromatic carbocycles. The minimum atomic E-state index is -0.712. The summed E-state index contributed by atoms with van der Waals surface area (Å²) in [6, 6.07) is 16.8. The number of benzene rings is 2. The van der Waals surface area contributed by atoms with E-state index in [4.69, 9.17) is 11.6 Å². The van der Waals surface area contributed by atoms with Crippen molar-refractivity contribution in [2.75, 3.05) is 6.54 Å². The maximum atomic E-state index is 12.1. The van der Waals surface area contributed by atoms with Crippen molar-refractivity contribution in [1.82, 2.24) is 9.88 Å². The Bertz CT molecular complexity index is 814. The van der Waals surface area contributed by atoms with E-state index in [0.29, 0.717) is 5.02 Å². The van der Waals surface area contributed by atoms with E-state index < -0.39 is 6.10 Å². The first-order valence-corrected chi connectivity index (χ1v) is 7.76. The van der Waals surface area contributed by atoms with Gasteiger partial charge in [-0.2, -0.15) is 0 Å². The minimum Gasteiger partial charge on any atom is -0.387 e.